The van der Waals surface area contributed by atoms with Crippen molar-refractivity contribution in [2.45, 2.75) is 20.3 Å². The molecular weight excluding hydrogens is 218 g/mol. The minimum absolute atomic E-state index is 0.458. The first-order valence-electron chi connectivity index (χ1n) is 5.59. The highest BCUT2D eigenvalue weighted by molar-refractivity contribution is 5.54. The van der Waals surface area contributed by atoms with Crippen molar-refractivity contribution < 1.29 is 9.47 Å². The molecule has 1 N–H and O–H groups in total. The number of methoxy groups -OCH3 is 1. The number of nitrogens with one attached hydrogen (secondary N) is 1. The molecule has 0 bridgehead atoms. The topological polar surface area (TPSA) is 56.3 Å². The van der Waals surface area contributed by atoms with E-state index in [1.54, 1.807) is 7.11 Å². The monoisotopic (exact) mass is 237 g/mol. The molecule has 0 saturated heterocycles. The maximum absolute atomic E-state index is 5.55. The molecule has 1 rings (SSSR count). The highest BCUT2D eigenvalue weighted by Crippen LogP contribution is 2.30. The van der Waals surface area contributed by atoms with E-state index in [0.29, 0.717) is 24.1 Å². The van der Waals surface area contributed by atoms with E-state index in [-0.39, 0.29) is 0 Å². The van der Waals surface area contributed by atoms with Crippen molar-refractivity contribution in [1.82, 2.24) is 9.97 Å². The van der Waals surface area contributed by atoms with Crippen LogP contribution in [0.1, 0.15) is 20.3 Å². The van der Waals surface area contributed by atoms with Crippen LogP contribution in [0.5, 0.6) is 11.6 Å². The molecule has 0 aromatic carbocycles. The van der Waals surface area contributed by atoms with Crippen LogP contribution in [0, 0.1) is 0 Å². The van der Waals surface area contributed by atoms with Crippen molar-refractivity contribution in [2.75, 3.05) is 25.6 Å². The molecule has 1 aromatic heterocycles. The number of hydrogen-bond acceptors (Lipinski definition) is 5. The Morgan fingerprint density at radius 2 is 2.24 bits per heavy atom. The molecule has 0 atom stereocenters. The Morgan fingerprint density at radius 3 is 2.82 bits per heavy atom. The van der Waals surface area contributed by atoms with Crippen molar-refractivity contribution in [2.24, 2.45) is 0 Å². The lowest BCUT2D eigenvalue weighted by atomic mass is 10.3. The van der Waals surface area contributed by atoms with Gasteiger partial charge in [0, 0.05) is 13.0 Å². The van der Waals surface area contributed by atoms with E-state index in [9.17, 15) is 0 Å². The van der Waals surface area contributed by atoms with Crippen molar-refractivity contribution in [3.8, 4) is 11.6 Å². The van der Waals surface area contributed by atoms with E-state index in [4.69, 9.17) is 9.47 Å². The van der Waals surface area contributed by atoms with Gasteiger partial charge in [-0.05, 0) is 13.8 Å². The third-order valence-electron chi connectivity index (χ3n) is 2.09. The van der Waals surface area contributed by atoms with Crippen LogP contribution in [0.3, 0.4) is 0 Å². The van der Waals surface area contributed by atoms with E-state index < -0.39 is 0 Å². The number of ether oxygens (including phenoxy) is 2. The molecule has 17 heavy (non-hydrogen) atoms. The van der Waals surface area contributed by atoms with Gasteiger partial charge in [-0.25, -0.2) is 4.98 Å². The summed E-state index contributed by atoms with van der Waals surface area (Å²) in [7, 11) is 1.57. The molecule has 0 amide bonds. The molecule has 5 heteroatoms. The number of anilines is 1. The molecule has 0 aliphatic carbocycles. The van der Waals surface area contributed by atoms with Gasteiger partial charge in [0.1, 0.15) is 6.33 Å². The Bertz CT molecular complexity index is 380. The Balaban J connectivity index is 2.76. The van der Waals surface area contributed by atoms with Crippen LogP contribution in [0.2, 0.25) is 0 Å². The summed E-state index contributed by atoms with van der Waals surface area (Å²) < 4.78 is 10.8. The Hall–Kier alpha value is -1.78. The fraction of sp³-hybridized carbons (Fsp3) is 0.500. The van der Waals surface area contributed by atoms with Crippen molar-refractivity contribution in [1.29, 1.82) is 0 Å². The summed E-state index contributed by atoms with van der Waals surface area (Å²) in [6, 6.07) is 0. The van der Waals surface area contributed by atoms with Crippen LogP contribution >= 0.6 is 0 Å². The minimum atomic E-state index is 0.458. The summed E-state index contributed by atoms with van der Waals surface area (Å²) >= 11 is 0. The van der Waals surface area contributed by atoms with E-state index >= 15 is 0 Å². The molecule has 1 heterocycles. The standard InChI is InChI=1S/C12H19N3O2/c1-5-13-11-10(16-4)12(15-8-14-11)17-7-6-9(2)3/h8H,2,5-7H2,1,3-4H3,(H,13,14,15). The highest BCUT2D eigenvalue weighted by atomic mass is 16.5. The Morgan fingerprint density at radius 1 is 1.47 bits per heavy atom. The third-order valence-corrected chi connectivity index (χ3v) is 2.09. The number of hydrogen-bond donors (Lipinski definition) is 1. The zero-order valence-electron chi connectivity index (χ0n) is 10.6. The SMILES string of the molecule is C=C(C)CCOc1ncnc(NCC)c1OC. The molecule has 1 aromatic rings. The Labute approximate surface area is 102 Å². The first kappa shape index (κ1) is 13.3. The molecule has 0 aliphatic rings. The van der Waals surface area contributed by atoms with Gasteiger partial charge >= 0.3 is 0 Å². The van der Waals surface area contributed by atoms with Crippen LogP contribution in [-0.4, -0.2) is 30.2 Å². The van der Waals surface area contributed by atoms with Gasteiger partial charge in [0.15, 0.2) is 5.82 Å². The summed E-state index contributed by atoms with van der Waals surface area (Å²) in [4.78, 5) is 8.16. The Kier molecular flexibility index (Phi) is 5.26. The van der Waals surface area contributed by atoms with E-state index in [1.807, 2.05) is 13.8 Å². The average Bonchev–Trinajstić information content (AvgIpc) is 2.29. The second kappa shape index (κ2) is 6.73. The first-order chi connectivity index (χ1) is 8.19. The summed E-state index contributed by atoms with van der Waals surface area (Å²) in [5.74, 6) is 1.64. The molecule has 0 saturated carbocycles. The molecule has 0 spiro atoms. The maximum Gasteiger partial charge on any atom is 0.262 e. The first-order valence-corrected chi connectivity index (χ1v) is 5.59. The lowest BCUT2D eigenvalue weighted by Gasteiger charge is -2.12. The minimum Gasteiger partial charge on any atom is -0.489 e. The van der Waals surface area contributed by atoms with E-state index in [1.165, 1.54) is 6.33 Å². The predicted octanol–water partition coefficient (Wildman–Crippen LogP) is 2.26. The number of nitrogens with zero attached hydrogens (tertiary/aromatic N) is 2. The molecular formula is C12H19N3O2. The average molecular weight is 237 g/mol. The quantitative estimate of drug-likeness (QED) is 0.737. The zero-order chi connectivity index (χ0) is 12.7. The summed E-state index contributed by atoms with van der Waals surface area (Å²) in [6.45, 7) is 9.07. The molecule has 0 unspecified atom stereocenters. The van der Waals surface area contributed by atoms with Crippen LogP contribution in [0.4, 0.5) is 5.82 Å². The smallest absolute Gasteiger partial charge is 0.262 e. The number of aromatic nitrogens is 2. The van der Waals surface area contributed by atoms with Crippen molar-refractivity contribution in [3.05, 3.63) is 18.5 Å². The lowest BCUT2D eigenvalue weighted by molar-refractivity contribution is 0.285. The molecule has 94 valence electrons. The zero-order valence-corrected chi connectivity index (χ0v) is 10.6. The normalized spacial score (nSPS) is 9.82. The van der Waals surface area contributed by atoms with Crippen LogP contribution < -0.4 is 14.8 Å². The summed E-state index contributed by atoms with van der Waals surface area (Å²) in [5.41, 5.74) is 1.07. The second-order valence-corrected chi connectivity index (χ2v) is 3.65. The van der Waals surface area contributed by atoms with Gasteiger partial charge in [0.2, 0.25) is 5.75 Å². The van der Waals surface area contributed by atoms with Gasteiger partial charge in [-0.1, -0.05) is 5.57 Å². The van der Waals surface area contributed by atoms with E-state index in [2.05, 4.69) is 21.9 Å². The van der Waals surface area contributed by atoms with Gasteiger partial charge in [0.25, 0.3) is 5.88 Å². The fourth-order valence-electron chi connectivity index (χ4n) is 1.26. The molecule has 0 fully saturated rings. The van der Waals surface area contributed by atoms with Gasteiger partial charge < -0.3 is 14.8 Å². The predicted molar refractivity (Wildman–Crippen MR) is 67.7 cm³/mol. The fourth-order valence-corrected chi connectivity index (χ4v) is 1.26. The van der Waals surface area contributed by atoms with Gasteiger partial charge in [-0.15, -0.1) is 6.58 Å². The number of rotatable bonds is 7. The van der Waals surface area contributed by atoms with Gasteiger partial charge in [-0.3, -0.25) is 0 Å². The van der Waals surface area contributed by atoms with Gasteiger partial charge in [0.05, 0.1) is 13.7 Å². The molecule has 0 aliphatic heterocycles. The molecule has 0 radical (unpaired) electrons. The molecule has 5 nitrogen and oxygen atoms in total. The van der Waals surface area contributed by atoms with Crippen LogP contribution in [0.25, 0.3) is 0 Å². The van der Waals surface area contributed by atoms with Crippen molar-refractivity contribution in [3.63, 3.8) is 0 Å². The second-order valence-electron chi connectivity index (χ2n) is 3.65. The largest absolute Gasteiger partial charge is 0.489 e. The highest BCUT2D eigenvalue weighted by Gasteiger charge is 2.12. The third kappa shape index (κ3) is 3.94. The summed E-state index contributed by atoms with van der Waals surface area (Å²) in [5, 5.41) is 3.09. The lowest BCUT2D eigenvalue weighted by Crippen LogP contribution is -2.06. The van der Waals surface area contributed by atoms with Crippen LogP contribution in [-0.2, 0) is 0 Å². The van der Waals surface area contributed by atoms with Crippen molar-refractivity contribution >= 4 is 5.82 Å². The summed E-state index contributed by atoms with van der Waals surface area (Å²) in [6.07, 6.45) is 2.25. The van der Waals surface area contributed by atoms with Crippen LogP contribution in [0.15, 0.2) is 18.5 Å². The van der Waals surface area contributed by atoms with E-state index in [0.717, 1.165) is 18.5 Å². The maximum atomic E-state index is 5.55. The van der Waals surface area contributed by atoms with Gasteiger partial charge in [-0.2, -0.15) is 4.98 Å².